The van der Waals surface area contributed by atoms with Crippen molar-refractivity contribution in [3.05, 3.63) is 77.9 Å². The van der Waals surface area contributed by atoms with Crippen molar-refractivity contribution < 1.29 is 19.2 Å². The van der Waals surface area contributed by atoms with Crippen molar-refractivity contribution in [2.24, 2.45) is 0 Å². The normalized spacial score (nSPS) is 11.3. The van der Waals surface area contributed by atoms with Crippen LogP contribution in [0, 0.1) is 0 Å². The molecule has 0 aliphatic heterocycles. The van der Waals surface area contributed by atoms with Crippen LogP contribution in [0.4, 0.5) is 27.5 Å². The maximum atomic E-state index is 12.8. The highest BCUT2D eigenvalue weighted by Crippen LogP contribution is 2.39. The number of hydrogen-bond donors (Lipinski definition) is 4. The fraction of sp³-hybridized carbons (Fsp3) is 0.344. The smallest absolute Gasteiger partial charge is 0.323 e. The van der Waals surface area contributed by atoms with E-state index in [2.05, 4.69) is 75.2 Å². The Morgan fingerprint density at radius 3 is 2.07 bits per heavy atom. The molecule has 3 rings (SSSR count). The van der Waals surface area contributed by atoms with E-state index in [9.17, 15) is 14.4 Å². The number of hydrazine groups is 1. The van der Waals surface area contributed by atoms with Gasteiger partial charge in [0.25, 0.3) is 5.91 Å². The lowest BCUT2D eigenvalue weighted by molar-refractivity contribution is -0.120. The first-order valence-electron chi connectivity index (χ1n) is 13.8. The van der Waals surface area contributed by atoms with Crippen LogP contribution in [0.1, 0.15) is 72.4 Å². The van der Waals surface area contributed by atoms with Crippen molar-refractivity contribution in [3.8, 4) is 5.75 Å². The third-order valence-electron chi connectivity index (χ3n) is 7.49. The van der Waals surface area contributed by atoms with Crippen LogP contribution in [0.5, 0.6) is 5.75 Å². The van der Waals surface area contributed by atoms with Crippen LogP contribution in [-0.4, -0.2) is 18.3 Å². The first-order chi connectivity index (χ1) is 19.4. The number of nitrogens with one attached hydrogen (secondary N) is 4. The van der Waals surface area contributed by atoms with Crippen molar-refractivity contribution in [1.29, 1.82) is 0 Å². The van der Waals surface area contributed by atoms with Crippen LogP contribution < -0.4 is 31.4 Å². The topological polar surface area (TPSA) is 112 Å². The maximum Gasteiger partial charge on any atom is 0.323 e. The Bertz CT molecular complexity index is 1370. The van der Waals surface area contributed by atoms with Crippen molar-refractivity contribution >= 4 is 41.1 Å². The molecule has 0 atom stereocenters. The van der Waals surface area contributed by atoms with Gasteiger partial charge < -0.3 is 15.5 Å². The van der Waals surface area contributed by atoms with Gasteiger partial charge in [-0.15, -0.1) is 5.06 Å². The summed E-state index contributed by atoms with van der Waals surface area (Å²) in [5.41, 5.74) is 9.30. The van der Waals surface area contributed by atoms with E-state index in [1.54, 1.807) is 48.5 Å². The SMILES string of the molecule is CCC(C)(C)c1ccc(ON(C(C)=O)c2cccc(NC(=O)Nc3ccc(NNC=O)cc3)c2)c(C(C)(C)CC)c1. The number of carbonyl (C=O) groups is 3. The number of nitrogens with zero attached hydrogens (tertiary/aromatic N) is 1. The molecule has 9 heteroatoms. The molecule has 0 aromatic heterocycles. The summed E-state index contributed by atoms with van der Waals surface area (Å²) < 4.78 is 0. The largest absolute Gasteiger partial charge is 0.372 e. The first kappa shape index (κ1) is 31.0. The molecule has 41 heavy (non-hydrogen) atoms. The lowest BCUT2D eigenvalue weighted by Crippen LogP contribution is -2.33. The molecule has 0 unspecified atom stereocenters. The fourth-order valence-electron chi connectivity index (χ4n) is 4.10. The minimum atomic E-state index is -0.453. The molecule has 0 aliphatic rings. The van der Waals surface area contributed by atoms with Gasteiger partial charge >= 0.3 is 6.03 Å². The Hall–Kier alpha value is -4.53. The van der Waals surface area contributed by atoms with Gasteiger partial charge in [-0.25, -0.2) is 4.79 Å². The van der Waals surface area contributed by atoms with Gasteiger partial charge in [-0.05, 0) is 77.8 Å². The van der Waals surface area contributed by atoms with Gasteiger partial charge in [-0.2, -0.15) is 0 Å². The molecule has 4 N–H and O–H groups in total. The summed E-state index contributed by atoms with van der Waals surface area (Å²) >= 11 is 0. The third kappa shape index (κ3) is 8.00. The molecule has 0 radical (unpaired) electrons. The van der Waals surface area contributed by atoms with Gasteiger partial charge in [0.2, 0.25) is 6.41 Å². The molecule has 0 saturated carbocycles. The van der Waals surface area contributed by atoms with Gasteiger partial charge in [0, 0.05) is 23.9 Å². The first-order valence-corrected chi connectivity index (χ1v) is 13.8. The van der Waals surface area contributed by atoms with Crippen molar-refractivity contribution in [1.82, 2.24) is 5.43 Å². The maximum absolute atomic E-state index is 12.8. The number of hydroxylamine groups is 1. The van der Waals surface area contributed by atoms with Gasteiger partial charge in [0.05, 0.1) is 11.4 Å². The lowest BCUT2D eigenvalue weighted by atomic mass is 9.76. The highest BCUT2D eigenvalue weighted by molar-refractivity contribution is 6.00. The Morgan fingerprint density at radius 2 is 1.46 bits per heavy atom. The number of hydrogen-bond acceptors (Lipinski definition) is 5. The molecule has 9 nitrogen and oxygen atoms in total. The van der Waals surface area contributed by atoms with Gasteiger partial charge in [-0.3, -0.25) is 20.4 Å². The van der Waals surface area contributed by atoms with Crippen LogP contribution in [0.2, 0.25) is 0 Å². The quantitative estimate of drug-likeness (QED) is 0.139. The zero-order valence-electron chi connectivity index (χ0n) is 24.9. The third-order valence-corrected chi connectivity index (χ3v) is 7.49. The molecule has 0 fully saturated rings. The van der Waals surface area contributed by atoms with Crippen molar-refractivity contribution in [2.45, 2.75) is 72.1 Å². The second kappa shape index (κ2) is 13.2. The molecule has 218 valence electrons. The average molecular weight is 560 g/mol. The predicted octanol–water partition coefficient (Wildman–Crippen LogP) is 7.13. The summed E-state index contributed by atoms with van der Waals surface area (Å²) in [6, 6.07) is 19.5. The summed E-state index contributed by atoms with van der Waals surface area (Å²) in [5, 5.41) is 6.80. The second-order valence-electron chi connectivity index (χ2n) is 11.2. The summed E-state index contributed by atoms with van der Waals surface area (Å²) in [6.45, 7) is 14.5. The van der Waals surface area contributed by atoms with E-state index in [-0.39, 0.29) is 16.7 Å². The molecule has 0 saturated heterocycles. The standard InChI is InChI=1S/C32H41N5O4/c1-8-31(4,5)23-13-18-29(28(19-23)32(6,7)9-2)41-37(22(3)39)27-12-10-11-26(20-27)35-30(40)34-24-14-16-25(17-15-24)36-33-21-38/h10-21,36H,8-9H2,1-7H3,(H,33,38)(H2,34,35,40). The fourth-order valence-corrected chi connectivity index (χ4v) is 4.10. The predicted molar refractivity (Wildman–Crippen MR) is 165 cm³/mol. The summed E-state index contributed by atoms with van der Waals surface area (Å²) in [5.74, 6) is 0.308. The minimum Gasteiger partial charge on any atom is -0.372 e. The zero-order valence-corrected chi connectivity index (χ0v) is 24.9. The summed E-state index contributed by atoms with van der Waals surface area (Å²) in [7, 11) is 0. The highest BCUT2D eigenvalue weighted by Gasteiger charge is 2.28. The number of amides is 4. The summed E-state index contributed by atoms with van der Waals surface area (Å²) in [4.78, 5) is 42.2. The zero-order chi connectivity index (χ0) is 30.2. The molecule has 0 bridgehead atoms. The van der Waals surface area contributed by atoms with E-state index in [1.807, 2.05) is 6.07 Å². The van der Waals surface area contributed by atoms with E-state index >= 15 is 0 Å². The van der Waals surface area contributed by atoms with Gasteiger partial charge in [0.15, 0.2) is 5.75 Å². The molecular formula is C32H41N5O4. The Balaban J connectivity index is 1.82. The van der Waals surface area contributed by atoms with E-state index in [0.29, 0.717) is 34.9 Å². The van der Waals surface area contributed by atoms with Crippen LogP contribution in [0.3, 0.4) is 0 Å². The Kier molecular flexibility index (Phi) is 9.99. The molecule has 0 spiro atoms. The minimum absolute atomic E-state index is 0.00440. The average Bonchev–Trinajstić information content (AvgIpc) is 2.95. The molecule has 4 amide bonds. The molecular weight excluding hydrogens is 518 g/mol. The Morgan fingerprint density at radius 1 is 0.829 bits per heavy atom. The molecule has 3 aromatic carbocycles. The van der Waals surface area contributed by atoms with Gasteiger partial charge in [0.1, 0.15) is 0 Å². The van der Waals surface area contributed by atoms with E-state index in [4.69, 9.17) is 4.84 Å². The molecule has 0 aliphatic carbocycles. The van der Waals surface area contributed by atoms with E-state index < -0.39 is 6.03 Å². The number of benzene rings is 3. The highest BCUT2D eigenvalue weighted by atomic mass is 16.7. The van der Waals surface area contributed by atoms with Crippen LogP contribution in [0.25, 0.3) is 0 Å². The van der Waals surface area contributed by atoms with Crippen LogP contribution in [-0.2, 0) is 20.4 Å². The van der Waals surface area contributed by atoms with Gasteiger partial charge in [-0.1, -0.05) is 59.7 Å². The van der Waals surface area contributed by atoms with Crippen LogP contribution in [0.15, 0.2) is 66.7 Å². The number of anilines is 4. The van der Waals surface area contributed by atoms with Crippen molar-refractivity contribution in [3.63, 3.8) is 0 Å². The Labute approximate surface area is 242 Å². The van der Waals surface area contributed by atoms with E-state index in [0.717, 1.165) is 18.4 Å². The molecule has 3 aromatic rings. The van der Waals surface area contributed by atoms with E-state index in [1.165, 1.54) is 17.6 Å². The van der Waals surface area contributed by atoms with Crippen molar-refractivity contribution in [2.75, 3.05) is 21.1 Å². The summed E-state index contributed by atoms with van der Waals surface area (Å²) in [6.07, 6.45) is 2.41. The van der Waals surface area contributed by atoms with Crippen LogP contribution >= 0.6 is 0 Å². The number of rotatable bonds is 12. The monoisotopic (exact) mass is 559 g/mol. The lowest BCUT2D eigenvalue weighted by Gasteiger charge is -2.32. The second-order valence-corrected chi connectivity index (χ2v) is 11.2. The number of carbonyl (C=O) groups excluding carboxylic acids is 3. The molecule has 0 heterocycles. The number of urea groups is 1.